The van der Waals surface area contributed by atoms with Crippen LogP contribution in [0, 0.1) is 5.92 Å². The van der Waals surface area contributed by atoms with E-state index in [2.05, 4.69) is 55.2 Å². The van der Waals surface area contributed by atoms with Crippen molar-refractivity contribution in [3.8, 4) is 0 Å². The summed E-state index contributed by atoms with van der Waals surface area (Å²) in [5, 5.41) is 6.54. The number of hydrogen-bond donors (Lipinski definition) is 3. The molecule has 1 heterocycles. The van der Waals surface area contributed by atoms with Gasteiger partial charge in [0.05, 0.1) is 11.9 Å². The molecule has 1 rings (SSSR count). The van der Waals surface area contributed by atoms with Gasteiger partial charge < -0.3 is 16.4 Å². The van der Waals surface area contributed by atoms with E-state index < -0.39 is 0 Å². The molecule has 5 nitrogen and oxygen atoms in total. The first kappa shape index (κ1) is 16.5. The van der Waals surface area contributed by atoms with E-state index in [0.717, 1.165) is 24.7 Å². The van der Waals surface area contributed by atoms with Crippen LogP contribution in [0.1, 0.15) is 53.9 Å². The van der Waals surface area contributed by atoms with Crippen LogP contribution in [0.15, 0.2) is 6.20 Å². The number of unbranched alkanes of at least 4 members (excludes halogenated alkanes) is 1. The van der Waals surface area contributed by atoms with E-state index in [1.807, 2.05) is 0 Å². The summed E-state index contributed by atoms with van der Waals surface area (Å²) in [6, 6.07) is 0. The van der Waals surface area contributed by atoms with Gasteiger partial charge in [-0.05, 0) is 33.1 Å². The third-order valence-corrected chi connectivity index (χ3v) is 2.80. The average molecular weight is 279 g/mol. The lowest BCUT2D eigenvalue weighted by molar-refractivity contribution is 0.544. The fraction of sp³-hybridized carbons (Fsp3) is 0.733. The molecule has 0 amide bonds. The maximum atomic E-state index is 5.90. The lowest BCUT2D eigenvalue weighted by atomic mass is 10.1. The van der Waals surface area contributed by atoms with Crippen LogP contribution in [0.3, 0.4) is 0 Å². The molecule has 0 aromatic carbocycles. The van der Waals surface area contributed by atoms with Crippen molar-refractivity contribution in [3.05, 3.63) is 6.20 Å². The number of hydrogen-bond acceptors (Lipinski definition) is 5. The number of anilines is 3. The highest BCUT2D eigenvalue weighted by Crippen LogP contribution is 2.18. The number of nitrogens with two attached hydrogens (primary N) is 1. The predicted molar refractivity (Wildman–Crippen MR) is 87.0 cm³/mol. The van der Waals surface area contributed by atoms with E-state index in [0.29, 0.717) is 11.6 Å². The largest absolute Gasteiger partial charge is 0.394 e. The Balaban J connectivity index is 2.50. The number of nitrogens with one attached hydrogen (secondary N) is 2. The van der Waals surface area contributed by atoms with Crippen LogP contribution in [0.2, 0.25) is 0 Å². The summed E-state index contributed by atoms with van der Waals surface area (Å²) >= 11 is 0. The molecular formula is C15H29N5. The van der Waals surface area contributed by atoms with Gasteiger partial charge in [-0.1, -0.05) is 26.7 Å². The summed E-state index contributed by atoms with van der Waals surface area (Å²) in [6.45, 7) is 11.6. The SMILES string of the molecule is CC(C)CCCCNc1nc(NC(C)(C)C)ncc1N. The molecule has 0 fully saturated rings. The fourth-order valence-electron chi connectivity index (χ4n) is 1.81. The summed E-state index contributed by atoms with van der Waals surface area (Å²) in [5.41, 5.74) is 6.43. The summed E-state index contributed by atoms with van der Waals surface area (Å²) in [5.74, 6) is 2.09. The molecule has 0 aliphatic carbocycles. The quantitative estimate of drug-likeness (QED) is 0.666. The molecule has 0 bridgehead atoms. The maximum absolute atomic E-state index is 5.90. The Bertz CT molecular complexity index is 409. The molecule has 0 aliphatic rings. The second-order valence-corrected chi connectivity index (χ2v) is 6.69. The van der Waals surface area contributed by atoms with Crippen LogP contribution in [0.5, 0.6) is 0 Å². The fourth-order valence-corrected chi connectivity index (χ4v) is 1.81. The molecule has 114 valence electrons. The van der Waals surface area contributed by atoms with E-state index in [4.69, 9.17) is 5.73 Å². The minimum atomic E-state index is -0.0648. The Hall–Kier alpha value is -1.52. The minimum Gasteiger partial charge on any atom is -0.394 e. The van der Waals surface area contributed by atoms with Crippen molar-refractivity contribution in [2.75, 3.05) is 22.9 Å². The zero-order valence-electron chi connectivity index (χ0n) is 13.5. The first-order chi connectivity index (χ1) is 9.28. The predicted octanol–water partition coefficient (Wildman–Crippen LogP) is 3.51. The van der Waals surface area contributed by atoms with Gasteiger partial charge in [-0.15, -0.1) is 0 Å². The van der Waals surface area contributed by atoms with Gasteiger partial charge in [0.2, 0.25) is 5.95 Å². The molecule has 4 N–H and O–H groups in total. The van der Waals surface area contributed by atoms with Crippen molar-refractivity contribution >= 4 is 17.5 Å². The second-order valence-electron chi connectivity index (χ2n) is 6.69. The van der Waals surface area contributed by atoms with Crippen molar-refractivity contribution < 1.29 is 0 Å². The van der Waals surface area contributed by atoms with Crippen LogP contribution >= 0.6 is 0 Å². The highest BCUT2D eigenvalue weighted by atomic mass is 15.2. The van der Waals surface area contributed by atoms with Gasteiger partial charge in [-0.25, -0.2) is 4.98 Å². The van der Waals surface area contributed by atoms with E-state index >= 15 is 0 Å². The van der Waals surface area contributed by atoms with Crippen LogP contribution in [0.25, 0.3) is 0 Å². The topological polar surface area (TPSA) is 75.9 Å². The molecule has 1 aromatic rings. The molecule has 5 heteroatoms. The van der Waals surface area contributed by atoms with Gasteiger partial charge in [-0.3, -0.25) is 0 Å². The minimum absolute atomic E-state index is 0.0648. The molecule has 0 saturated carbocycles. The highest BCUT2D eigenvalue weighted by molar-refractivity contribution is 5.61. The Morgan fingerprint density at radius 1 is 1.25 bits per heavy atom. The lowest BCUT2D eigenvalue weighted by Crippen LogP contribution is -2.27. The lowest BCUT2D eigenvalue weighted by Gasteiger charge is -2.21. The van der Waals surface area contributed by atoms with E-state index in [1.165, 1.54) is 12.8 Å². The Labute approximate surface area is 122 Å². The molecule has 0 spiro atoms. The molecule has 0 unspecified atom stereocenters. The second kappa shape index (κ2) is 7.31. The van der Waals surface area contributed by atoms with Gasteiger partial charge in [0.25, 0.3) is 0 Å². The highest BCUT2D eigenvalue weighted by Gasteiger charge is 2.12. The van der Waals surface area contributed by atoms with E-state index in [9.17, 15) is 0 Å². The number of nitrogens with zero attached hydrogens (tertiary/aromatic N) is 2. The zero-order valence-corrected chi connectivity index (χ0v) is 13.5. The molecular weight excluding hydrogens is 250 g/mol. The number of aromatic nitrogens is 2. The zero-order chi connectivity index (χ0) is 15.2. The van der Waals surface area contributed by atoms with Crippen LogP contribution in [0.4, 0.5) is 17.5 Å². The number of rotatable bonds is 7. The maximum Gasteiger partial charge on any atom is 0.225 e. The van der Waals surface area contributed by atoms with E-state index in [1.54, 1.807) is 6.20 Å². The molecule has 0 saturated heterocycles. The average Bonchev–Trinajstić information content (AvgIpc) is 2.30. The van der Waals surface area contributed by atoms with Crippen LogP contribution in [-0.4, -0.2) is 22.1 Å². The van der Waals surface area contributed by atoms with Gasteiger partial charge in [0.1, 0.15) is 0 Å². The summed E-state index contributed by atoms with van der Waals surface area (Å²) in [6.07, 6.45) is 5.27. The van der Waals surface area contributed by atoms with Gasteiger partial charge in [-0.2, -0.15) is 4.98 Å². The smallest absolute Gasteiger partial charge is 0.225 e. The van der Waals surface area contributed by atoms with Crippen LogP contribution in [-0.2, 0) is 0 Å². The summed E-state index contributed by atoms with van der Waals surface area (Å²) in [4.78, 5) is 8.64. The van der Waals surface area contributed by atoms with Gasteiger partial charge >= 0.3 is 0 Å². The van der Waals surface area contributed by atoms with Crippen molar-refractivity contribution in [3.63, 3.8) is 0 Å². The molecule has 1 aromatic heterocycles. The van der Waals surface area contributed by atoms with Crippen LogP contribution < -0.4 is 16.4 Å². The molecule has 0 radical (unpaired) electrons. The molecule has 20 heavy (non-hydrogen) atoms. The molecule has 0 atom stereocenters. The molecule has 0 aliphatic heterocycles. The van der Waals surface area contributed by atoms with Crippen molar-refractivity contribution in [2.24, 2.45) is 5.92 Å². The monoisotopic (exact) mass is 279 g/mol. The van der Waals surface area contributed by atoms with E-state index in [-0.39, 0.29) is 5.54 Å². The van der Waals surface area contributed by atoms with Crippen molar-refractivity contribution in [2.45, 2.75) is 59.4 Å². The van der Waals surface area contributed by atoms with Crippen molar-refractivity contribution in [1.29, 1.82) is 0 Å². The normalized spacial score (nSPS) is 11.7. The summed E-state index contributed by atoms with van der Waals surface area (Å²) in [7, 11) is 0. The summed E-state index contributed by atoms with van der Waals surface area (Å²) < 4.78 is 0. The standard InChI is InChI=1S/C15H29N5/c1-11(2)8-6-7-9-17-13-12(16)10-18-14(19-13)20-15(3,4)5/h10-11H,6-9,16H2,1-5H3,(H2,17,18,19,20). The third-order valence-electron chi connectivity index (χ3n) is 2.80. The first-order valence-electron chi connectivity index (χ1n) is 7.42. The first-order valence-corrected chi connectivity index (χ1v) is 7.42. The van der Waals surface area contributed by atoms with Crippen molar-refractivity contribution in [1.82, 2.24) is 9.97 Å². The Kier molecular flexibility index (Phi) is 6.05. The number of nitrogen functional groups attached to an aromatic ring is 1. The van der Waals surface area contributed by atoms with Gasteiger partial charge in [0, 0.05) is 12.1 Å². The Morgan fingerprint density at radius 3 is 2.55 bits per heavy atom. The Morgan fingerprint density at radius 2 is 1.95 bits per heavy atom. The van der Waals surface area contributed by atoms with Gasteiger partial charge in [0.15, 0.2) is 5.82 Å². The third kappa shape index (κ3) is 6.59.